The molecule has 4 nitrogen and oxygen atoms in total. The Bertz CT molecular complexity index is 3030. The van der Waals surface area contributed by atoms with E-state index < -0.39 is 0 Å². The van der Waals surface area contributed by atoms with Crippen LogP contribution >= 0.6 is 18.5 Å². The summed E-state index contributed by atoms with van der Waals surface area (Å²) < 4.78 is 0. The first-order valence-electron chi connectivity index (χ1n) is 20.2. The molecular weight excluding hydrogens is 820 g/mol. The smallest absolute Gasteiger partial charge is 0.657 e. The normalized spacial score (nSPS) is 12.0. The summed E-state index contributed by atoms with van der Waals surface area (Å²) >= 11 is 0. The van der Waals surface area contributed by atoms with E-state index in [4.69, 9.17) is 19.9 Å². The molecule has 2 unspecified atom stereocenters. The minimum Gasteiger partial charge on any atom is -0.657 e. The van der Waals surface area contributed by atoms with Crippen molar-refractivity contribution >= 4 is 75.5 Å². The van der Waals surface area contributed by atoms with Gasteiger partial charge in [-0.2, -0.15) is 0 Å². The van der Waals surface area contributed by atoms with E-state index >= 15 is 0 Å². The number of rotatable bonds is 4. The molecule has 4 aromatic carbocycles. The first kappa shape index (κ1) is 41.7. The van der Waals surface area contributed by atoms with Gasteiger partial charge >= 0.3 is 19.5 Å². The largest absolute Gasteiger partial charge is 2.00 e. The second-order valence-corrected chi connectivity index (χ2v) is 17.9. The van der Waals surface area contributed by atoms with Gasteiger partial charge < -0.3 is 9.97 Å². The van der Waals surface area contributed by atoms with Gasteiger partial charge in [0.05, 0.1) is 22.8 Å². The summed E-state index contributed by atoms with van der Waals surface area (Å²) in [6.45, 7) is 19.7. The zero-order valence-corrected chi connectivity index (χ0v) is 41.2. The van der Waals surface area contributed by atoms with E-state index in [1.807, 2.05) is 0 Å². The first-order valence-corrected chi connectivity index (χ1v) is 21.4. The minimum absolute atomic E-state index is 0. The van der Waals surface area contributed by atoms with Gasteiger partial charge in [-0.3, -0.25) is 0 Å². The maximum atomic E-state index is 5.57. The molecule has 7 aromatic rings. The van der Waals surface area contributed by atoms with Crippen molar-refractivity contribution in [2.75, 3.05) is 0 Å². The van der Waals surface area contributed by atoms with Gasteiger partial charge in [0.1, 0.15) is 0 Å². The summed E-state index contributed by atoms with van der Waals surface area (Å²) in [6.07, 6.45) is 8.65. The Morgan fingerprint density at radius 1 is 0.350 bits per heavy atom. The molecule has 0 amide bonds. The molecule has 3 aromatic heterocycles. The van der Waals surface area contributed by atoms with Crippen LogP contribution in [0.15, 0.2) is 78.9 Å². The van der Waals surface area contributed by atoms with Crippen molar-refractivity contribution in [2.24, 2.45) is 0 Å². The fourth-order valence-corrected chi connectivity index (χ4v) is 10.6. The van der Waals surface area contributed by atoms with Gasteiger partial charge in [0, 0.05) is 0 Å². The van der Waals surface area contributed by atoms with Gasteiger partial charge in [0.25, 0.3) is 0 Å². The van der Waals surface area contributed by atoms with Crippen LogP contribution in [0.25, 0.3) is 90.9 Å². The maximum absolute atomic E-state index is 5.57. The van der Waals surface area contributed by atoms with E-state index in [1.54, 1.807) is 0 Å². The van der Waals surface area contributed by atoms with Gasteiger partial charge in [-0.05, 0) is 193 Å². The number of hydrogen-bond acceptors (Lipinski definition) is 2. The van der Waals surface area contributed by atoms with Crippen LogP contribution in [0.3, 0.4) is 0 Å². The summed E-state index contributed by atoms with van der Waals surface area (Å²) in [4.78, 5) is 22.2. The Morgan fingerprint density at radius 2 is 0.617 bits per heavy atom. The van der Waals surface area contributed by atoms with Crippen LogP contribution in [0.4, 0.5) is 0 Å². The van der Waals surface area contributed by atoms with E-state index in [0.717, 1.165) is 100.0 Å². The molecule has 0 saturated heterocycles. The number of nitrogens with zero attached hydrogens (tertiary/aromatic N) is 4. The average molecular weight is 868 g/mol. The van der Waals surface area contributed by atoms with Crippen LogP contribution in [0.1, 0.15) is 72.8 Å². The summed E-state index contributed by atoms with van der Waals surface area (Å²) in [6, 6.07) is 28.8. The molecule has 8 bridgehead atoms. The van der Waals surface area contributed by atoms with E-state index in [9.17, 15) is 0 Å². The second-order valence-electron chi connectivity index (χ2n) is 16.6. The van der Waals surface area contributed by atoms with Gasteiger partial charge in [-0.25, -0.2) is 9.97 Å². The molecule has 60 heavy (non-hydrogen) atoms. The molecule has 292 valence electrons. The van der Waals surface area contributed by atoms with Gasteiger partial charge in [-0.1, -0.05) is 77.4 Å². The quantitative estimate of drug-likeness (QED) is 0.131. The number of hydrogen-bond donors (Lipinski definition) is 0. The van der Waals surface area contributed by atoms with E-state index in [1.165, 1.54) is 50.1 Å². The van der Waals surface area contributed by atoms with E-state index in [0.29, 0.717) is 0 Å². The molecule has 0 aliphatic carbocycles. The maximum Gasteiger partial charge on any atom is 2.00 e. The van der Waals surface area contributed by atoms with Crippen molar-refractivity contribution in [3.8, 4) is 44.5 Å². The molecule has 0 fully saturated rings. The van der Waals surface area contributed by atoms with Crippen molar-refractivity contribution in [1.82, 2.24) is 19.9 Å². The predicted octanol–water partition coefficient (Wildman–Crippen LogP) is 12.4. The molecule has 2 aliphatic heterocycles. The number of fused-ring (bicyclic) bond motifs is 8. The molecule has 2 atom stereocenters. The summed E-state index contributed by atoms with van der Waals surface area (Å²) in [5.74, 6) is 0. The van der Waals surface area contributed by atoms with E-state index in [-0.39, 0.29) is 19.5 Å². The molecule has 7 heteroatoms. The number of aryl methyl sites for hydroxylation is 9. The number of benzene rings is 4. The first-order chi connectivity index (χ1) is 28.2. The summed E-state index contributed by atoms with van der Waals surface area (Å²) in [5.41, 5.74) is 26.4. The molecule has 5 heterocycles. The summed E-state index contributed by atoms with van der Waals surface area (Å²) in [7, 11) is 5.75. The average Bonchev–Trinajstić information content (AvgIpc) is 3.98. The van der Waals surface area contributed by atoms with E-state index in [2.05, 4.69) is 184 Å². The third-order valence-electron chi connectivity index (χ3n) is 11.7. The number of aromatic nitrogens is 4. The van der Waals surface area contributed by atoms with Crippen LogP contribution < -0.4 is 20.6 Å². The van der Waals surface area contributed by atoms with Crippen LogP contribution in [0, 0.1) is 62.3 Å². The van der Waals surface area contributed by atoms with Crippen molar-refractivity contribution in [1.29, 1.82) is 0 Å². The fraction of sp³-hybridized carbons (Fsp3) is 0.170. The molecule has 0 spiro atoms. The summed E-state index contributed by atoms with van der Waals surface area (Å²) in [5, 5.41) is 2.19. The molecule has 0 radical (unpaired) electrons. The fourth-order valence-electron chi connectivity index (χ4n) is 9.70. The van der Waals surface area contributed by atoms with Crippen LogP contribution in [0.5, 0.6) is 0 Å². The van der Waals surface area contributed by atoms with Crippen molar-refractivity contribution < 1.29 is 19.5 Å². The predicted molar refractivity (Wildman–Crippen MR) is 260 cm³/mol. The third kappa shape index (κ3) is 7.41. The molecular formula is C53H48N4P2Zn. The van der Waals surface area contributed by atoms with Crippen molar-refractivity contribution in [3.63, 3.8) is 0 Å². The van der Waals surface area contributed by atoms with Crippen molar-refractivity contribution in [3.05, 3.63) is 152 Å². The Labute approximate surface area is 371 Å². The minimum atomic E-state index is 0. The molecule has 2 aliphatic rings. The standard InChI is InChI=1S/C53H48N4P2.Zn/c1-27-18-30(4)47(31(5)19-27)51-41-12-10-39(54-41)50(36-24-37(58)26-38(59)25-36)40-11-13-42(55-40)52(48-32(6)20-28(2)21-33(48)7)44-15-17-46(57-44)53(45-16-14-43(51)56-45)49-34(8)22-29(3)23-35(49)9;/h10-26H,58-59H2,1-9H3;/q-2;+2. The van der Waals surface area contributed by atoms with Gasteiger partial charge in [0.15, 0.2) is 0 Å². The van der Waals surface area contributed by atoms with Gasteiger partial charge in [-0.15, -0.1) is 40.5 Å². The zero-order chi connectivity index (χ0) is 41.4. The molecule has 0 saturated carbocycles. The Balaban J connectivity index is 0.00000499. The van der Waals surface area contributed by atoms with Crippen LogP contribution in [-0.4, -0.2) is 9.97 Å². The SMILES string of the molecule is Cc1cc(C)c(-c2c3nc(c(-c4c(C)cc(C)cc4C)c4ccc([n-]4)c(-c4c(C)cc(C)cc4C)c4nc(c(-c5cc(P)cc(P)c5)c5ccc2[n-]5)C=C4)C=C3)c(C)c1.[Zn+2]. The Morgan fingerprint density at radius 3 is 0.917 bits per heavy atom. The topological polar surface area (TPSA) is 54.0 Å². The Kier molecular flexibility index (Phi) is 11.2. The van der Waals surface area contributed by atoms with Gasteiger partial charge in [0.2, 0.25) is 0 Å². The molecule has 9 rings (SSSR count). The zero-order valence-electron chi connectivity index (χ0n) is 36.0. The van der Waals surface area contributed by atoms with Crippen molar-refractivity contribution in [2.45, 2.75) is 62.3 Å². The second kappa shape index (κ2) is 16.1. The van der Waals surface area contributed by atoms with Crippen LogP contribution in [-0.2, 0) is 19.5 Å². The van der Waals surface area contributed by atoms with Crippen LogP contribution in [0.2, 0.25) is 0 Å². The Hall–Kier alpha value is -5.04. The monoisotopic (exact) mass is 866 g/mol. The molecule has 0 N–H and O–H groups in total. The third-order valence-corrected chi connectivity index (χ3v) is 12.3.